The third-order valence-corrected chi connectivity index (χ3v) is 12.7. The van der Waals surface area contributed by atoms with Gasteiger partial charge in [0.05, 0.1) is 37.4 Å². The lowest BCUT2D eigenvalue weighted by atomic mass is 9.39. The highest BCUT2D eigenvalue weighted by atomic mass is 16.7. The van der Waals surface area contributed by atoms with Gasteiger partial charge in [0.1, 0.15) is 12.2 Å². The molecule has 1 aromatic heterocycles. The number of aliphatic hydroxyl groups excluding tert-OH is 1. The molecular weight excluding hydrogens is 612 g/mol. The van der Waals surface area contributed by atoms with Crippen LogP contribution in [0.15, 0.2) is 70.6 Å². The molecule has 7 rings (SSSR count). The first-order valence-corrected chi connectivity index (χ1v) is 17.3. The third-order valence-electron chi connectivity index (χ3n) is 12.7. The number of carbonyl (C=O) groups excluding carboxylic acids is 2. The molecule has 48 heavy (non-hydrogen) atoms. The zero-order chi connectivity index (χ0) is 34.0. The fraction of sp³-hybridized carbons (Fsp3) is 0.590. The first kappa shape index (κ1) is 33.3. The van der Waals surface area contributed by atoms with Crippen molar-refractivity contribution in [3.8, 4) is 0 Å². The largest absolute Gasteiger partial charge is 0.472 e. The summed E-state index contributed by atoms with van der Waals surface area (Å²) in [6.07, 6.45) is 4.67. The predicted octanol–water partition coefficient (Wildman–Crippen LogP) is 6.22. The molecule has 0 amide bonds. The van der Waals surface area contributed by atoms with Gasteiger partial charge in [0.25, 0.3) is 0 Å². The van der Waals surface area contributed by atoms with Gasteiger partial charge in [0, 0.05) is 60.5 Å². The number of benzene rings is 1. The summed E-state index contributed by atoms with van der Waals surface area (Å²) in [7, 11) is 0. The number of fused-ring (bicyclic) bond motifs is 4. The average Bonchev–Trinajstić information content (AvgIpc) is 3.77. The van der Waals surface area contributed by atoms with Crippen LogP contribution in [-0.4, -0.2) is 67.1 Å². The van der Waals surface area contributed by atoms with Crippen LogP contribution in [0.1, 0.15) is 77.8 Å². The van der Waals surface area contributed by atoms with Crippen molar-refractivity contribution in [2.75, 3.05) is 13.2 Å². The van der Waals surface area contributed by atoms with Gasteiger partial charge < -0.3 is 33.2 Å². The standard InChI is InChI=1S/C39H48O9/c1-7-44-32-18-28-38(5)30(48-31(41)14-13-24-11-9-8-10-12-24)19-29(46-23(3)40)37(4)21-45-34(35(37)38)36(42)39(28,6)33-22(2)26(17-27(33)47-32)25-15-16-43-20-25/h8-16,20,26-30,32,34-36,42H,7,17-19,21H2,1-6H3/b14-13+/t26-,27+,28-,29-,30+,32-,34-,35+,36-,37-,38+,39-/m1/s1. The lowest BCUT2D eigenvalue weighted by molar-refractivity contribution is -0.260. The van der Waals surface area contributed by atoms with E-state index in [1.54, 1.807) is 18.6 Å². The first-order chi connectivity index (χ1) is 22.9. The second-order valence-electron chi connectivity index (χ2n) is 15.1. The second-order valence-corrected chi connectivity index (χ2v) is 15.1. The number of ether oxygens (including phenoxy) is 5. The first-order valence-electron chi connectivity index (χ1n) is 17.3. The Hall–Kier alpha value is -3.24. The molecule has 12 atom stereocenters. The minimum atomic E-state index is -0.896. The van der Waals surface area contributed by atoms with E-state index in [-0.39, 0.29) is 23.9 Å². The van der Waals surface area contributed by atoms with Gasteiger partial charge in [0.15, 0.2) is 6.29 Å². The van der Waals surface area contributed by atoms with Crippen LogP contribution in [0.2, 0.25) is 0 Å². The van der Waals surface area contributed by atoms with Crippen molar-refractivity contribution >= 4 is 18.0 Å². The molecule has 0 bridgehead atoms. The maximum atomic E-state index is 13.7. The average molecular weight is 661 g/mol. The summed E-state index contributed by atoms with van der Waals surface area (Å²) in [5, 5.41) is 12.7. The Morgan fingerprint density at radius 3 is 2.50 bits per heavy atom. The number of aliphatic hydroxyl groups is 1. The summed E-state index contributed by atoms with van der Waals surface area (Å²) in [5.74, 6) is -1.35. The van der Waals surface area contributed by atoms with Crippen molar-refractivity contribution in [3.05, 3.63) is 77.3 Å². The van der Waals surface area contributed by atoms with E-state index in [1.807, 2.05) is 43.3 Å². The van der Waals surface area contributed by atoms with Gasteiger partial charge in [-0.15, -0.1) is 0 Å². The molecule has 0 radical (unpaired) electrons. The van der Waals surface area contributed by atoms with Gasteiger partial charge in [-0.3, -0.25) is 4.79 Å². The van der Waals surface area contributed by atoms with Gasteiger partial charge in [-0.2, -0.15) is 0 Å². The topological polar surface area (TPSA) is 114 Å². The van der Waals surface area contributed by atoms with Crippen molar-refractivity contribution in [1.29, 1.82) is 0 Å². The van der Waals surface area contributed by atoms with Gasteiger partial charge in [0.2, 0.25) is 0 Å². The van der Waals surface area contributed by atoms with Crippen molar-refractivity contribution in [2.45, 2.75) is 104 Å². The second kappa shape index (κ2) is 12.3. The highest BCUT2D eigenvalue weighted by Crippen LogP contribution is 2.72. The van der Waals surface area contributed by atoms with Crippen LogP contribution in [-0.2, 0) is 33.3 Å². The number of hydrogen-bond acceptors (Lipinski definition) is 9. The number of rotatable bonds is 7. The fourth-order valence-electron chi connectivity index (χ4n) is 10.8. The summed E-state index contributed by atoms with van der Waals surface area (Å²) in [4.78, 5) is 26.1. The summed E-state index contributed by atoms with van der Waals surface area (Å²) in [6, 6.07) is 11.6. The maximum absolute atomic E-state index is 13.7. The number of carbonyl (C=O) groups is 2. The Bertz CT molecular complexity index is 1580. The summed E-state index contributed by atoms with van der Waals surface area (Å²) in [5.41, 5.74) is 2.03. The minimum Gasteiger partial charge on any atom is -0.472 e. The van der Waals surface area contributed by atoms with E-state index in [0.29, 0.717) is 32.5 Å². The Kier molecular flexibility index (Phi) is 8.50. The summed E-state index contributed by atoms with van der Waals surface area (Å²) in [6.45, 7) is 12.7. The van der Waals surface area contributed by atoms with E-state index >= 15 is 0 Å². The lowest BCUT2D eigenvalue weighted by Crippen LogP contribution is -2.71. The molecule has 4 fully saturated rings. The van der Waals surface area contributed by atoms with E-state index in [0.717, 1.165) is 22.3 Å². The number of hydrogen-bond donors (Lipinski definition) is 1. The molecule has 1 aromatic carbocycles. The molecule has 3 aliphatic carbocycles. The Morgan fingerprint density at radius 1 is 1.04 bits per heavy atom. The van der Waals surface area contributed by atoms with Crippen molar-refractivity contribution in [2.24, 2.45) is 28.1 Å². The predicted molar refractivity (Wildman–Crippen MR) is 176 cm³/mol. The smallest absolute Gasteiger partial charge is 0.331 e. The van der Waals surface area contributed by atoms with Gasteiger partial charge in [-0.25, -0.2) is 4.79 Å². The van der Waals surface area contributed by atoms with Crippen LogP contribution in [0, 0.1) is 28.1 Å². The quantitative estimate of drug-likeness (QED) is 0.210. The van der Waals surface area contributed by atoms with E-state index in [4.69, 9.17) is 28.1 Å². The van der Waals surface area contributed by atoms with Gasteiger partial charge in [-0.1, -0.05) is 56.7 Å². The number of esters is 2. The molecular formula is C39H48O9. The fourth-order valence-corrected chi connectivity index (χ4v) is 10.8. The Labute approximate surface area is 282 Å². The SMILES string of the molecule is CCO[C@H]1C[C@H]2[C@](C)(C3=C(C)[C@H](c4ccoc4)C[C@@H]3O1)[C@H](O)[C@@H]1OC[C@]3(C)[C@H](OC(C)=O)C[C@H](OC(=O)/C=C/c4ccccc4)[C@@]2(C)[C@@H]13. The highest BCUT2D eigenvalue weighted by Gasteiger charge is 2.76. The highest BCUT2D eigenvalue weighted by molar-refractivity contribution is 5.87. The van der Waals surface area contributed by atoms with E-state index in [1.165, 1.54) is 13.0 Å². The maximum Gasteiger partial charge on any atom is 0.331 e. The van der Waals surface area contributed by atoms with E-state index in [9.17, 15) is 14.7 Å². The van der Waals surface area contributed by atoms with Crippen LogP contribution in [0.25, 0.3) is 6.08 Å². The van der Waals surface area contributed by atoms with Crippen LogP contribution >= 0.6 is 0 Å². The molecule has 2 aromatic rings. The van der Waals surface area contributed by atoms with E-state index < -0.39 is 58.9 Å². The zero-order valence-corrected chi connectivity index (χ0v) is 28.7. The van der Waals surface area contributed by atoms with Crippen LogP contribution < -0.4 is 0 Å². The van der Waals surface area contributed by atoms with Crippen molar-refractivity contribution < 1.29 is 42.8 Å². The minimum absolute atomic E-state index is 0.0607. The molecule has 0 unspecified atom stereocenters. The van der Waals surface area contributed by atoms with Crippen molar-refractivity contribution in [1.82, 2.24) is 0 Å². The van der Waals surface area contributed by atoms with Crippen LogP contribution in [0.3, 0.4) is 0 Å². The Morgan fingerprint density at radius 2 is 1.81 bits per heavy atom. The van der Waals surface area contributed by atoms with Crippen LogP contribution in [0.5, 0.6) is 0 Å². The van der Waals surface area contributed by atoms with Crippen molar-refractivity contribution in [3.63, 3.8) is 0 Å². The third kappa shape index (κ3) is 5.03. The molecule has 2 saturated carbocycles. The summed E-state index contributed by atoms with van der Waals surface area (Å²) >= 11 is 0. The molecule has 258 valence electrons. The zero-order valence-electron chi connectivity index (χ0n) is 28.7. The van der Waals surface area contributed by atoms with E-state index in [2.05, 4.69) is 27.7 Å². The molecule has 5 aliphatic rings. The molecule has 0 spiro atoms. The molecule has 9 heteroatoms. The molecule has 3 heterocycles. The molecule has 2 saturated heterocycles. The summed E-state index contributed by atoms with van der Waals surface area (Å²) < 4.78 is 37.7. The van der Waals surface area contributed by atoms with Gasteiger partial charge >= 0.3 is 11.9 Å². The number of furan rings is 1. The molecule has 9 nitrogen and oxygen atoms in total. The molecule has 2 aliphatic heterocycles. The monoisotopic (exact) mass is 660 g/mol. The molecule has 1 N–H and O–H groups in total. The van der Waals surface area contributed by atoms with Gasteiger partial charge in [-0.05, 0) is 55.0 Å². The number of allylic oxidation sites excluding steroid dienone is 1. The Balaban J connectivity index is 1.37. The van der Waals surface area contributed by atoms with Crippen LogP contribution in [0.4, 0.5) is 0 Å². The lowest BCUT2D eigenvalue weighted by Gasteiger charge is -2.66. The normalized spacial score (nSPS) is 41.8.